The van der Waals surface area contributed by atoms with Crippen LogP contribution < -0.4 is 15.4 Å². The molecule has 178 valence electrons. The van der Waals surface area contributed by atoms with E-state index in [1.54, 1.807) is 12.4 Å². The molecule has 35 heavy (non-hydrogen) atoms. The van der Waals surface area contributed by atoms with Crippen LogP contribution in [0.25, 0.3) is 22.0 Å². The first-order valence-electron chi connectivity index (χ1n) is 12.2. The van der Waals surface area contributed by atoms with Gasteiger partial charge in [-0.15, -0.1) is 0 Å². The number of H-pyrrole nitrogens is 1. The maximum atomic E-state index is 9.75. The number of nitrogens with zero attached hydrogens (tertiary/aromatic N) is 3. The van der Waals surface area contributed by atoms with Crippen molar-refractivity contribution in [2.24, 2.45) is 0 Å². The summed E-state index contributed by atoms with van der Waals surface area (Å²) in [6, 6.07) is 18.3. The summed E-state index contributed by atoms with van der Waals surface area (Å²) in [6.45, 7) is 5.94. The number of rotatable bonds is 10. The molecule has 7 heteroatoms. The third-order valence-corrected chi connectivity index (χ3v) is 6.39. The summed E-state index contributed by atoms with van der Waals surface area (Å²) in [5.41, 5.74) is 5.00. The maximum Gasteiger partial charge on any atom is 0.119 e. The highest BCUT2D eigenvalue weighted by Gasteiger charge is 2.13. The number of likely N-dealkylation sites (tertiary alicyclic amines) is 1. The standard InChI is InChI=1S/C28H30N6O/c29-18-23-19-31-20-26(28(23)33-24-6-7-27-22(16-24)8-9-32-27)21-4-3-5-25(17-21)35-15-11-30-10-14-34-12-1-2-13-34/h3-9,16-17,19-20,30,32H,1-2,10-15H2,(H,31,33). The van der Waals surface area contributed by atoms with Gasteiger partial charge in [0.05, 0.1) is 11.3 Å². The maximum absolute atomic E-state index is 9.75. The fraction of sp³-hybridized carbons (Fsp3) is 0.286. The van der Waals surface area contributed by atoms with Gasteiger partial charge in [0, 0.05) is 60.4 Å². The van der Waals surface area contributed by atoms with Gasteiger partial charge < -0.3 is 25.3 Å². The molecule has 2 aromatic carbocycles. The Bertz CT molecular complexity index is 1320. The summed E-state index contributed by atoms with van der Waals surface area (Å²) in [7, 11) is 0. The average Bonchev–Trinajstić information content (AvgIpc) is 3.58. The molecule has 3 heterocycles. The van der Waals surface area contributed by atoms with E-state index < -0.39 is 0 Å². The molecule has 0 saturated carbocycles. The Balaban J connectivity index is 1.27. The predicted molar refractivity (Wildman–Crippen MR) is 140 cm³/mol. The zero-order chi connectivity index (χ0) is 23.9. The number of pyridine rings is 1. The van der Waals surface area contributed by atoms with Crippen LogP contribution >= 0.6 is 0 Å². The molecule has 0 spiro atoms. The van der Waals surface area contributed by atoms with Crippen molar-refractivity contribution in [3.63, 3.8) is 0 Å². The van der Waals surface area contributed by atoms with Crippen LogP contribution in [-0.4, -0.2) is 54.2 Å². The van der Waals surface area contributed by atoms with Crippen molar-refractivity contribution in [1.29, 1.82) is 5.26 Å². The topological polar surface area (TPSA) is 89.0 Å². The van der Waals surface area contributed by atoms with Gasteiger partial charge in [0.25, 0.3) is 0 Å². The number of fused-ring (bicyclic) bond motifs is 1. The average molecular weight is 467 g/mol. The van der Waals surface area contributed by atoms with Gasteiger partial charge in [-0.1, -0.05) is 12.1 Å². The van der Waals surface area contributed by atoms with Crippen LogP contribution in [-0.2, 0) is 0 Å². The minimum atomic E-state index is 0.491. The fourth-order valence-electron chi connectivity index (χ4n) is 4.54. The number of ether oxygens (including phenoxy) is 1. The molecular weight excluding hydrogens is 436 g/mol. The van der Waals surface area contributed by atoms with Crippen LogP contribution in [0, 0.1) is 11.3 Å². The fourth-order valence-corrected chi connectivity index (χ4v) is 4.54. The molecule has 5 rings (SSSR count). The molecule has 2 aromatic heterocycles. The van der Waals surface area contributed by atoms with Crippen molar-refractivity contribution >= 4 is 22.3 Å². The number of nitrogens with one attached hydrogen (secondary N) is 3. The number of benzene rings is 2. The molecule has 7 nitrogen and oxygen atoms in total. The van der Waals surface area contributed by atoms with E-state index in [0.717, 1.165) is 58.8 Å². The molecule has 1 fully saturated rings. The zero-order valence-electron chi connectivity index (χ0n) is 19.8. The molecule has 0 unspecified atom stereocenters. The normalized spacial score (nSPS) is 13.7. The highest BCUT2D eigenvalue weighted by atomic mass is 16.5. The predicted octanol–water partition coefficient (Wildman–Crippen LogP) is 4.91. The minimum absolute atomic E-state index is 0.491. The summed E-state index contributed by atoms with van der Waals surface area (Å²) < 4.78 is 6.01. The summed E-state index contributed by atoms with van der Waals surface area (Å²) in [5, 5.41) is 17.8. The van der Waals surface area contributed by atoms with E-state index in [4.69, 9.17) is 4.74 Å². The molecule has 0 bridgehead atoms. The van der Waals surface area contributed by atoms with Crippen LogP contribution in [0.5, 0.6) is 5.75 Å². The molecule has 3 N–H and O–H groups in total. The lowest BCUT2D eigenvalue weighted by atomic mass is 10.0. The second kappa shape index (κ2) is 11.0. The number of aromatic nitrogens is 2. The quantitative estimate of drug-likeness (QED) is 0.288. The Morgan fingerprint density at radius 3 is 2.86 bits per heavy atom. The molecule has 0 radical (unpaired) electrons. The molecule has 1 aliphatic heterocycles. The van der Waals surface area contributed by atoms with Gasteiger partial charge in [0.15, 0.2) is 0 Å². The first-order chi connectivity index (χ1) is 17.3. The van der Waals surface area contributed by atoms with Crippen LogP contribution in [0.15, 0.2) is 67.1 Å². The van der Waals surface area contributed by atoms with Crippen LogP contribution in [0.4, 0.5) is 11.4 Å². The SMILES string of the molecule is N#Cc1cncc(-c2cccc(OCCNCCN3CCCC3)c2)c1Nc1ccc2[nH]ccc2c1. The van der Waals surface area contributed by atoms with E-state index in [2.05, 4.69) is 37.6 Å². The first-order valence-corrected chi connectivity index (χ1v) is 12.2. The van der Waals surface area contributed by atoms with Crippen molar-refractivity contribution in [2.45, 2.75) is 12.8 Å². The Morgan fingerprint density at radius 1 is 1.06 bits per heavy atom. The van der Waals surface area contributed by atoms with Gasteiger partial charge in [0.1, 0.15) is 18.4 Å². The molecule has 0 amide bonds. The van der Waals surface area contributed by atoms with Crippen LogP contribution in [0.2, 0.25) is 0 Å². The molecule has 0 atom stereocenters. The third kappa shape index (κ3) is 5.62. The van der Waals surface area contributed by atoms with Crippen molar-refractivity contribution < 1.29 is 4.74 Å². The molecule has 1 aliphatic rings. The number of hydrogen-bond donors (Lipinski definition) is 3. The van der Waals surface area contributed by atoms with Gasteiger partial charge in [-0.05, 0) is 67.9 Å². The summed E-state index contributed by atoms with van der Waals surface area (Å²) in [5.74, 6) is 0.797. The lowest BCUT2D eigenvalue weighted by molar-refractivity contribution is 0.299. The van der Waals surface area contributed by atoms with Crippen molar-refractivity contribution in [2.75, 3.05) is 44.6 Å². The first kappa shape index (κ1) is 22.9. The van der Waals surface area contributed by atoms with Crippen LogP contribution in [0.1, 0.15) is 18.4 Å². The third-order valence-electron chi connectivity index (χ3n) is 6.39. The lowest BCUT2D eigenvalue weighted by Gasteiger charge is -2.16. The van der Waals surface area contributed by atoms with E-state index in [-0.39, 0.29) is 0 Å². The second-order valence-corrected chi connectivity index (χ2v) is 8.80. The summed E-state index contributed by atoms with van der Waals surface area (Å²) >= 11 is 0. The van der Waals surface area contributed by atoms with E-state index >= 15 is 0 Å². The Hall–Kier alpha value is -3.86. The van der Waals surface area contributed by atoms with Gasteiger partial charge in [-0.25, -0.2) is 0 Å². The van der Waals surface area contributed by atoms with E-state index in [1.165, 1.54) is 25.9 Å². The van der Waals surface area contributed by atoms with Crippen molar-refractivity contribution in [1.82, 2.24) is 20.2 Å². The van der Waals surface area contributed by atoms with Crippen LogP contribution in [0.3, 0.4) is 0 Å². The number of hydrogen-bond acceptors (Lipinski definition) is 6. The zero-order valence-corrected chi connectivity index (χ0v) is 19.8. The largest absolute Gasteiger partial charge is 0.492 e. The smallest absolute Gasteiger partial charge is 0.119 e. The van der Waals surface area contributed by atoms with E-state index in [9.17, 15) is 5.26 Å². The molecule has 4 aromatic rings. The highest BCUT2D eigenvalue weighted by Crippen LogP contribution is 2.34. The monoisotopic (exact) mass is 466 g/mol. The number of anilines is 2. The van der Waals surface area contributed by atoms with Gasteiger partial charge in [-0.3, -0.25) is 4.98 Å². The molecule has 1 saturated heterocycles. The van der Waals surface area contributed by atoms with Gasteiger partial charge in [0.2, 0.25) is 0 Å². The molecular formula is C28H30N6O. The van der Waals surface area contributed by atoms with Gasteiger partial charge in [-0.2, -0.15) is 5.26 Å². The summed E-state index contributed by atoms with van der Waals surface area (Å²) in [4.78, 5) is 10.0. The number of nitriles is 1. The Morgan fingerprint density at radius 2 is 1.97 bits per heavy atom. The summed E-state index contributed by atoms with van der Waals surface area (Å²) in [6.07, 6.45) is 7.95. The van der Waals surface area contributed by atoms with Gasteiger partial charge >= 0.3 is 0 Å². The minimum Gasteiger partial charge on any atom is -0.492 e. The molecule has 0 aliphatic carbocycles. The second-order valence-electron chi connectivity index (χ2n) is 8.80. The Labute approximate surface area is 205 Å². The Kier molecular flexibility index (Phi) is 7.23. The number of aromatic amines is 1. The van der Waals surface area contributed by atoms with Crippen molar-refractivity contribution in [3.8, 4) is 22.9 Å². The lowest BCUT2D eigenvalue weighted by Crippen LogP contribution is -2.32. The highest BCUT2D eigenvalue weighted by molar-refractivity contribution is 5.88. The van der Waals surface area contributed by atoms with Crippen molar-refractivity contribution in [3.05, 3.63) is 72.7 Å². The van der Waals surface area contributed by atoms with E-state index in [0.29, 0.717) is 12.2 Å². The van der Waals surface area contributed by atoms with E-state index in [1.807, 2.05) is 48.7 Å².